The molecule has 0 aromatic heterocycles. The van der Waals surface area contributed by atoms with Crippen LogP contribution in [-0.2, 0) is 20.7 Å². The second-order valence-electron chi connectivity index (χ2n) is 6.09. The SMILES string of the molecule is COC(=O)c1ccccc1NC(=O)C1(C)Cc2cc(Cl)ccc2C(=O)O1. The van der Waals surface area contributed by atoms with E-state index in [1.54, 1.807) is 36.4 Å². The Labute approximate surface area is 155 Å². The summed E-state index contributed by atoms with van der Waals surface area (Å²) >= 11 is 5.99. The number of para-hydroxylation sites is 1. The molecule has 1 aliphatic rings. The molecule has 0 radical (unpaired) electrons. The molecule has 0 saturated heterocycles. The van der Waals surface area contributed by atoms with Crippen LogP contribution in [0.2, 0.25) is 5.02 Å². The minimum Gasteiger partial charge on any atom is -0.465 e. The summed E-state index contributed by atoms with van der Waals surface area (Å²) in [6.07, 6.45) is 0.168. The van der Waals surface area contributed by atoms with Gasteiger partial charge in [0.25, 0.3) is 5.91 Å². The number of anilines is 1. The number of hydrogen-bond donors (Lipinski definition) is 1. The standard InChI is InChI=1S/C19H16ClNO5/c1-19(10-11-9-12(20)7-8-13(11)17(23)26-19)18(24)21-15-6-4-3-5-14(15)16(22)25-2/h3-9H,10H2,1-2H3,(H,21,24). The van der Waals surface area contributed by atoms with Crippen LogP contribution in [0.3, 0.4) is 0 Å². The fraction of sp³-hybridized carbons (Fsp3) is 0.211. The minimum atomic E-state index is -1.43. The maximum Gasteiger partial charge on any atom is 0.339 e. The first kappa shape index (κ1) is 17.9. The number of benzene rings is 2. The van der Waals surface area contributed by atoms with Crippen molar-refractivity contribution in [3.05, 3.63) is 64.2 Å². The van der Waals surface area contributed by atoms with Crippen LogP contribution in [0.1, 0.15) is 33.2 Å². The fourth-order valence-electron chi connectivity index (χ4n) is 2.83. The third-order valence-corrected chi connectivity index (χ3v) is 4.43. The first-order valence-electron chi connectivity index (χ1n) is 7.84. The lowest BCUT2D eigenvalue weighted by molar-refractivity contribution is -0.134. The van der Waals surface area contributed by atoms with Gasteiger partial charge in [0.2, 0.25) is 0 Å². The van der Waals surface area contributed by atoms with E-state index in [1.807, 2.05) is 0 Å². The molecule has 6 nitrogen and oxygen atoms in total. The number of amides is 1. The third-order valence-electron chi connectivity index (χ3n) is 4.19. The number of fused-ring (bicyclic) bond motifs is 1. The summed E-state index contributed by atoms with van der Waals surface area (Å²) in [6, 6.07) is 11.2. The van der Waals surface area contributed by atoms with Gasteiger partial charge in [-0.2, -0.15) is 0 Å². The molecular formula is C19H16ClNO5. The molecule has 1 atom stereocenters. The van der Waals surface area contributed by atoms with Crippen molar-refractivity contribution in [2.24, 2.45) is 0 Å². The molecule has 1 aliphatic heterocycles. The number of halogens is 1. The molecule has 1 amide bonds. The van der Waals surface area contributed by atoms with Crippen LogP contribution in [0.25, 0.3) is 0 Å². The number of cyclic esters (lactones) is 1. The fourth-order valence-corrected chi connectivity index (χ4v) is 3.02. The highest BCUT2D eigenvalue weighted by atomic mass is 35.5. The zero-order valence-corrected chi connectivity index (χ0v) is 14.9. The molecule has 0 bridgehead atoms. The highest BCUT2D eigenvalue weighted by Gasteiger charge is 2.43. The number of carbonyl (C=O) groups excluding carboxylic acids is 3. The molecule has 0 spiro atoms. The van der Waals surface area contributed by atoms with Crippen LogP contribution < -0.4 is 5.32 Å². The van der Waals surface area contributed by atoms with Crippen LogP contribution in [0.5, 0.6) is 0 Å². The summed E-state index contributed by atoms with van der Waals surface area (Å²) in [5, 5.41) is 3.12. The van der Waals surface area contributed by atoms with Gasteiger partial charge in [-0.25, -0.2) is 9.59 Å². The third kappa shape index (κ3) is 3.28. The largest absolute Gasteiger partial charge is 0.465 e. The highest BCUT2D eigenvalue weighted by molar-refractivity contribution is 6.30. The van der Waals surface area contributed by atoms with E-state index in [-0.39, 0.29) is 17.7 Å². The van der Waals surface area contributed by atoms with E-state index in [1.165, 1.54) is 20.1 Å². The number of rotatable bonds is 3. The zero-order valence-electron chi connectivity index (χ0n) is 14.2. The van der Waals surface area contributed by atoms with Crippen LogP contribution in [0.15, 0.2) is 42.5 Å². The van der Waals surface area contributed by atoms with Gasteiger partial charge in [0.15, 0.2) is 5.60 Å². The minimum absolute atomic E-state index is 0.168. The number of nitrogens with one attached hydrogen (secondary N) is 1. The number of methoxy groups -OCH3 is 1. The Morgan fingerprint density at radius 3 is 2.69 bits per heavy atom. The van der Waals surface area contributed by atoms with Gasteiger partial charge in [0.1, 0.15) is 0 Å². The van der Waals surface area contributed by atoms with E-state index in [9.17, 15) is 14.4 Å². The molecule has 3 rings (SSSR count). The van der Waals surface area contributed by atoms with Crippen molar-refractivity contribution in [1.29, 1.82) is 0 Å². The molecule has 1 heterocycles. The van der Waals surface area contributed by atoms with Gasteiger partial charge in [0, 0.05) is 11.4 Å². The van der Waals surface area contributed by atoms with Gasteiger partial charge >= 0.3 is 11.9 Å². The lowest BCUT2D eigenvalue weighted by Gasteiger charge is -2.33. The van der Waals surface area contributed by atoms with Gasteiger partial charge in [-0.05, 0) is 42.8 Å². The Morgan fingerprint density at radius 2 is 1.96 bits per heavy atom. The predicted molar refractivity (Wildman–Crippen MR) is 95.4 cm³/mol. The lowest BCUT2D eigenvalue weighted by atomic mass is 9.89. The summed E-state index contributed by atoms with van der Waals surface area (Å²) in [4.78, 5) is 36.9. The summed E-state index contributed by atoms with van der Waals surface area (Å²) < 4.78 is 10.1. The van der Waals surface area contributed by atoms with Gasteiger partial charge in [-0.3, -0.25) is 4.79 Å². The molecule has 0 aliphatic carbocycles. The molecule has 1 unspecified atom stereocenters. The quantitative estimate of drug-likeness (QED) is 0.835. The van der Waals surface area contributed by atoms with E-state index < -0.39 is 23.4 Å². The number of hydrogen-bond acceptors (Lipinski definition) is 5. The average Bonchev–Trinajstić information content (AvgIpc) is 2.61. The molecular weight excluding hydrogens is 358 g/mol. The van der Waals surface area contributed by atoms with Crippen molar-refractivity contribution in [3.63, 3.8) is 0 Å². The summed E-state index contributed by atoms with van der Waals surface area (Å²) in [6.45, 7) is 1.52. The summed E-state index contributed by atoms with van der Waals surface area (Å²) in [5.74, 6) is -1.72. The van der Waals surface area contributed by atoms with Crippen LogP contribution in [-0.4, -0.2) is 30.6 Å². The van der Waals surface area contributed by atoms with Crippen molar-refractivity contribution in [2.75, 3.05) is 12.4 Å². The monoisotopic (exact) mass is 373 g/mol. The summed E-state index contributed by atoms with van der Waals surface area (Å²) in [5.41, 5.74) is 0.0659. The average molecular weight is 374 g/mol. The number of ether oxygens (including phenoxy) is 2. The molecule has 0 fully saturated rings. The highest BCUT2D eigenvalue weighted by Crippen LogP contribution is 2.31. The Hall–Kier alpha value is -2.86. The molecule has 0 saturated carbocycles. The number of esters is 2. The van der Waals surface area contributed by atoms with E-state index in [2.05, 4.69) is 5.32 Å². The van der Waals surface area contributed by atoms with Gasteiger partial charge < -0.3 is 14.8 Å². The normalized spacial score (nSPS) is 18.5. The molecule has 1 N–H and O–H groups in total. The van der Waals surface area contributed by atoms with Crippen LogP contribution in [0, 0.1) is 0 Å². The van der Waals surface area contributed by atoms with E-state index in [4.69, 9.17) is 21.1 Å². The summed E-state index contributed by atoms with van der Waals surface area (Å²) in [7, 11) is 1.26. The smallest absolute Gasteiger partial charge is 0.339 e. The molecule has 7 heteroatoms. The van der Waals surface area contributed by atoms with Crippen molar-refractivity contribution in [2.45, 2.75) is 18.9 Å². The van der Waals surface area contributed by atoms with Crippen molar-refractivity contribution in [3.8, 4) is 0 Å². The second kappa shape index (κ2) is 6.80. The first-order chi connectivity index (χ1) is 12.3. The maximum absolute atomic E-state index is 12.8. The molecule has 26 heavy (non-hydrogen) atoms. The van der Waals surface area contributed by atoms with Crippen LogP contribution in [0.4, 0.5) is 5.69 Å². The van der Waals surface area contributed by atoms with Crippen molar-refractivity contribution in [1.82, 2.24) is 0 Å². The Kier molecular flexibility index (Phi) is 4.70. The second-order valence-corrected chi connectivity index (χ2v) is 6.53. The van der Waals surface area contributed by atoms with Gasteiger partial charge in [-0.1, -0.05) is 23.7 Å². The van der Waals surface area contributed by atoms with E-state index in [0.717, 1.165) is 0 Å². The van der Waals surface area contributed by atoms with E-state index in [0.29, 0.717) is 16.1 Å². The maximum atomic E-state index is 12.8. The Morgan fingerprint density at radius 1 is 1.23 bits per heavy atom. The Bertz CT molecular complexity index is 911. The Balaban J connectivity index is 1.89. The molecule has 134 valence electrons. The van der Waals surface area contributed by atoms with Crippen molar-refractivity contribution < 1.29 is 23.9 Å². The van der Waals surface area contributed by atoms with Gasteiger partial charge in [-0.15, -0.1) is 0 Å². The first-order valence-corrected chi connectivity index (χ1v) is 8.22. The van der Waals surface area contributed by atoms with Crippen LogP contribution >= 0.6 is 11.6 Å². The number of carbonyl (C=O) groups is 3. The topological polar surface area (TPSA) is 81.7 Å². The van der Waals surface area contributed by atoms with Gasteiger partial charge in [0.05, 0.1) is 23.9 Å². The lowest BCUT2D eigenvalue weighted by Crippen LogP contribution is -2.49. The van der Waals surface area contributed by atoms with E-state index >= 15 is 0 Å². The predicted octanol–water partition coefficient (Wildman–Crippen LogP) is 3.24. The molecule has 2 aromatic carbocycles. The zero-order chi connectivity index (χ0) is 18.9. The molecule has 2 aromatic rings. The van der Waals surface area contributed by atoms with Crippen molar-refractivity contribution >= 4 is 35.1 Å².